The Labute approximate surface area is 93.1 Å². The van der Waals surface area contributed by atoms with E-state index in [0.717, 1.165) is 16.0 Å². The molecule has 1 aromatic rings. The number of hydrogen-bond acceptors (Lipinski definition) is 3. The van der Waals surface area contributed by atoms with Gasteiger partial charge in [0, 0.05) is 4.90 Å². The van der Waals surface area contributed by atoms with Gasteiger partial charge in [-0.15, -0.1) is 11.8 Å². The summed E-state index contributed by atoms with van der Waals surface area (Å²) in [5.74, 6) is -0.984. The Morgan fingerprint density at radius 2 is 2.13 bits per heavy atom. The minimum Gasteiger partial charge on any atom is -0.480 e. The molecule has 4 heteroatoms. The van der Waals surface area contributed by atoms with Crippen LogP contribution in [0.2, 0.25) is 0 Å². The van der Waals surface area contributed by atoms with Crippen molar-refractivity contribution in [1.82, 2.24) is 0 Å². The van der Waals surface area contributed by atoms with E-state index in [4.69, 9.17) is 10.2 Å². The summed E-state index contributed by atoms with van der Waals surface area (Å²) in [5, 5.41) is 16.9. The molecule has 3 nitrogen and oxygen atoms in total. The van der Waals surface area contributed by atoms with Gasteiger partial charge in [0.15, 0.2) is 0 Å². The van der Waals surface area contributed by atoms with E-state index in [1.165, 1.54) is 11.8 Å². The van der Waals surface area contributed by atoms with E-state index in [2.05, 4.69) is 0 Å². The number of aryl methyl sites for hydroxylation is 2. The fourth-order valence-electron chi connectivity index (χ4n) is 1.25. The molecule has 0 bridgehead atoms. The molecule has 0 aliphatic heterocycles. The van der Waals surface area contributed by atoms with Crippen LogP contribution in [0.15, 0.2) is 23.1 Å². The lowest BCUT2D eigenvalue weighted by atomic mass is 10.2. The van der Waals surface area contributed by atoms with Gasteiger partial charge in [-0.25, -0.2) is 0 Å². The molecule has 1 atom stereocenters. The fraction of sp³-hybridized carbons (Fsp3) is 0.364. The van der Waals surface area contributed by atoms with Crippen molar-refractivity contribution >= 4 is 17.7 Å². The predicted molar refractivity (Wildman–Crippen MR) is 60.3 cm³/mol. The number of benzene rings is 1. The summed E-state index contributed by atoms with van der Waals surface area (Å²) in [4.78, 5) is 11.6. The fourth-order valence-corrected chi connectivity index (χ4v) is 2.12. The number of aliphatic hydroxyl groups excluding tert-OH is 1. The number of carbonyl (C=O) groups is 1. The molecule has 15 heavy (non-hydrogen) atoms. The lowest BCUT2D eigenvalue weighted by molar-refractivity contribution is -0.137. The maximum Gasteiger partial charge on any atom is 0.319 e. The van der Waals surface area contributed by atoms with E-state index in [1.807, 2.05) is 32.0 Å². The summed E-state index contributed by atoms with van der Waals surface area (Å²) in [5.41, 5.74) is 2.19. The first kappa shape index (κ1) is 12.1. The molecule has 0 saturated heterocycles. The Bertz CT molecular complexity index is 363. The number of aliphatic carboxylic acids is 1. The quantitative estimate of drug-likeness (QED) is 0.769. The molecule has 0 amide bonds. The van der Waals surface area contributed by atoms with Crippen LogP contribution < -0.4 is 0 Å². The topological polar surface area (TPSA) is 57.5 Å². The number of aliphatic hydroxyl groups is 1. The van der Waals surface area contributed by atoms with Crippen LogP contribution in [0.5, 0.6) is 0 Å². The minimum atomic E-state index is -0.984. The van der Waals surface area contributed by atoms with E-state index in [0.29, 0.717) is 0 Å². The number of rotatable bonds is 4. The Kier molecular flexibility index (Phi) is 4.17. The Morgan fingerprint density at radius 3 is 2.60 bits per heavy atom. The highest BCUT2D eigenvalue weighted by Crippen LogP contribution is 2.27. The molecule has 0 aromatic heterocycles. The van der Waals surface area contributed by atoms with E-state index in [-0.39, 0.29) is 6.61 Å². The van der Waals surface area contributed by atoms with Gasteiger partial charge in [-0.2, -0.15) is 0 Å². The van der Waals surface area contributed by atoms with Crippen molar-refractivity contribution in [2.45, 2.75) is 24.0 Å². The van der Waals surface area contributed by atoms with E-state index >= 15 is 0 Å². The van der Waals surface area contributed by atoms with E-state index in [9.17, 15) is 4.79 Å². The van der Waals surface area contributed by atoms with Crippen LogP contribution in [0.1, 0.15) is 11.1 Å². The summed E-state index contributed by atoms with van der Waals surface area (Å²) in [7, 11) is 0. The van der Waals surface area contributed by atoms with Gasteiger partial charge in [-0.1, -0.05) is 17.7 Å². The molecule has 0 spiro atoms. The minimum absolute atomic E-state index is 0.354. The zero-order chi connectivity index (χ0) is 11.4. The molecule has 0 heterocycles. The largest absolute Gasteiger partial charge is 0.480 e. The lowest BCUT2D eigenvalue weighted by Crippen LogP contribution is -2.20. The van der Waals surface area contributed by atoms with Crippen LogP contribution in [-0.4, -0.2) is 28.0 Å². The molecule has 1 aromatic carbocycles. The summed E-state index contributed by atoms with van der Waals surface area (Å²) >= 11 is 1.18. The van der Waals surface area contributed by atoms with Gasteiger partial charge in [-0.05, 0) is 25.5 Å². The zero-order valence-corrected chi connectivity index (χ0v) is 9.54. The van der Waals surface area contributed by atoms with Gasteiger partial charge >= 0.3 is 5.97 Å². The van der Waals surface area contributed by atoms with Crippen LogP contribution >= 0.6 is 11.8 Å². The average Bonchev–Trinajstić information content (AvgIpc) is 2.16. The summed E-state index contributed by atoms with van der Waals surface area (Å²) in [6.45, 7) is 3.57. The average molecular weight is 226 g/mol. The molecular formula is C11H14O3S. The van der Waals surface area contributed by atoms with Crippen molar-refractivity contribution in [3.05, 3.63) is 29.3 Å². The Balaban J connectivity index is 2.84. The third-order valence-corrected chi connectivity index (χ3v) is 3.39. The monoisotopic (exact) mass is 226 g/mol. The molecule has 0 aliphatic rings. The van der Waals surface area contributed by atoms with Crippen molar-refractivity contribution < 1.29 is 15.0 Å². The van der Waals surface area contributed by atoms with E-state index < -0.39 is 11.2 Å². The van der Waals surface area contributed by atoms with Gasteiger partial charge in [0.2, 0.25) is 0 Å². The van der Waals surface area contributed by atoms with Crippen molar-refractivity contribution in [2.24, 2.45) is 0 Å². The van der Waals surface area contributed by atoms with Crippen LogP contribution in [0, 0.1) is 13.8 Å². The Morgan fingerprint density at radius 1 is 1.47 bits per heavy atom. The summed E-state index contributed by atoms with van der Waals surface area (Å²) in [6, 6.07) is 5.82. The van der Waals surface area contributed by atoms with Gasteiger partial charge in [0.05, 0.1) is 6.61 Å². The van der Waals surface area contributed by atoms with Gasteiger partial charge < -0.3 is 10.2 Å². The number of thioether (sulfide) groups is 1. The van der Waals surface area contributed by atoms with Gasteiger partial charge in [0.25, 0.3) is 0 Å². The first-order chi connectivity index (χ1) is 7.04. The lowest BCUT2D eigenvalue weighted by Gasteiger charge is -2.11. The molecule has 0 aliphatic carbocycles. The molecule has 1 unspecified atom stereocenters. The first-order valence-electron chi connectivity index (χ1n) is 4.62. The predicted octanol–water partition coefficient (Wildman–Crippen LogP) is 1.84. The Hall–Kier alpha value is -1.00. The van der Waals surface area contributed by atoms with Crippen LogP contribution in [0.3, 0.4) is 0 Å². The van der Waals surface area contributed by atoms with Gasteiger partial charge in [-0.3, -0.25) is 4.79 Å². The molecule has 0 saturated carbocycles. The smallest absolute Gasteiger partial charge is 0.319 e. The van der Waals surface area contributed by atoms with Crippen LogP contribution in [0.25, 0.3) is 0 Å². The van der Waals surface area contributed by atoms with Crippen LogP contribution in [-0.2, 0) is 4.79 Å². The normalized spacial score (nSPS) is 12.5. The molecule has 0 radical (unpaired) electrons. The maximum atomic E-state index is 10.7. The van der Waals surface area contributed by atoms with Crippen molar-refractivity contribution in [2.75, 3.05) is 6.61 Å². The highest BCUT2D eigenvalue weighted by Gasteiger charge is 2.18. The van der Waals surface area contributed by atoms with E-state index in [1.54, 1.807) is 0 Å². The number of carboxylic acids is 1. The van der Waals surface area contributed by atoms with Crippen molar-refractivity contribution in [3.8, 4) is 0 Å². The molecule has 0 fully saturated rings. The summed E-state index contributed by atoms with van der Waals surface area (Å²) < 4.78 is 0. The second-order valence-corrected chi connectivity index (χ2v) is 4.64. The summed E-state index contributed by atoms with van der Waals surface area (Å²) in [6.07, 6.45) is 0. The number of hydrogen-bond donors (Lipinski definition) is 2. The zero-order valence-electron chi connectivity index (χ0n) is 8.73. The highest BCUT2D eigenvalue weighted by molar-refractivity contribution is 8.00. The van der Waals surface area contributed by atoms with Gasteiger partial charge in [0.1, 0.15) is 5.25 Å². The maximum absolute atomic E-state index is 10.7. The number of carboxylic acid groups (broad SMARTS) is 1. The molecule has 82 valence electrons. The molecule has 1 rings (SSSR count). The molecular weight excluding hydrogens is 212 g/mol. The SMILES string of the molecule is Cc1ccc(SC(CO)C(=O)O)c(C)c1. The highest BCUT2D eigenvalue weighted by atomic mass is 32.2. The van der Waals surface area contributed by atoms with Crippen LogP contribution in [0.4, 0.5) is 0 Å². The second kappa shape index (κ2) is 5.19. The second-order valence-electron chi connectivity index (χ2n) is 3.40. The third kappa shape index (κ3) is 3.25. The van der Waals surface area contributed by atoms with Crippen molar-refractivity contribution in [3.63, 3.8) is 0 Å². The first-order valence-corrected chi connectivity index (χ1v) is 5.50. The van der Waals surface area contributed by atoms with Crippen molar-refractivity contribution in [1.29, 1.82) is 0 Å². The molecule has 2 N–H and O–H groups in total. The third-order valence-electron chi connectivity index (χ3n) is 2.04. The standard InChI is InChI=1S/C11H14O3S/c1-7-3-4-9(8(2)5-7)15-10(6-12)11(13)14/h3-5,10,12H,6H2,1-2H3,(H,13,14).